The first-order valence-electron chi connectivity index (χ1n) is 14.7. The number of hydrogen-bond acceptors (Lipinski definition) is 8. The fourth-order valence-electron chi connectivity index (χ4n) is 5.86. The van der Waals surface area contributed by atoms with Crippen LogP contribution in [0.15, 0.2) is 66.4 Å². The summed E-state index contributed by atoms with van der Waals surface area (Å²) in [7, 11) is 0. The van der Waals surface area contributed by atoms with Crippen LogP contribution in [0, 0.1) is 0 Å². The zero-order chi connectivity index (χ0) is 29.9. The molecular weight excluding hydrogens is 546 g/mol. The predicted octanol–water partition coefficient (Wildman–Crippen LogP) is 5.24. The minimum Gasteiger partial charge on any atom is -0.477 e. The quantitative estimate of drug-likeness (QED) is 0.279. The van der Waals surface area contributed by atoms with Crippen LogP contribution in [-0.2, 0) is 21.0 Å². The van der Waals surface area contributed by atoms with Gasteiger partial charge in [0.1, 0.15) is 11.7 Å². The summed E-state index contributed by atoms with van der Waals surface area (Å²) in [5, 5.41) is 17.4. The maximum Gasteiger partial charge on any atom is 0.354 e. The van der Waals surface area contributed by atoms with E-state index in [4.69, 9.17) is 14.7 Å². The molecule has 0 spiro atoms. The largest absolute Gasteiger partial charge is 0.477 e. The number of aromatic nitrogens is 3. The third-order valence-corrected chi connectivity index (χ3v) is 8.06. The van der Waals surface area contributed by atoms with Crippen LogP contribution in [0.1, 0.15) is 60.4 Å². The highest BCUT2D eigenvalue weighted by atomic mass is 16.7. The average Bonchev–Trinajstić information content (AvgIpc) is 3.44. The van der Waals surface area contributed by atoms with Gasteiger partial charge in [-0.15, -0.1) is 0 Å². The number of fused-ring (bicyclic) bond motifs is 1. The lowest BCUT2D eigenvalue weighted by atomic mass is 9.97. The Morgan fingerprint density at radius 1 is 1.09 bits per heavy atom. The van der Waals surface area contributed by atoms with Crippen LogP contribution < -0.4 is 4.90 Å². The Balaban J connectivity index is 1.42. The van der Waals surface area contributed by atoms with E-state index in [1.807, 2.05) is 42.5 Å². The Morgan fingerprint density at radius 2 is 1.84 bits per heavy atom. The zero-order valence-electron chi connectivity index (χ0n) is 24.4. The predicted molar refractivity (Wildman–Crippen MR) is 162 cm³/mol. The van der Waals surface area contributed by atoms with Gasteiger partial charge in [-0.25, -0.2) is 24.3 Å². The molecule has 0 aliphatic carbocycles. The van der Waals surface area contributed by atoms with Gasteiger partial charge in [0.15, 0.2) is 17.3 Å². The lowest BCUT2D eigenvalue weighted by molar-refractivity contribution is -0.156. The number of aromatic carboxylic acids is 1. The molecule has 10 nitrogen and oxygen atoms in total. The van der Waals surface area contributed by atoms with Gasteiger partial charge in [0, 0.05) is 25.3 Å². The number of allylic oxidation sites excluding steroid dienone is 1. The number of carboxylic acids is 1. The number of morpholine rings is 1. The number of pyridine rings is 1. The molecule has 2 aromatic carbocycles. The highest BCUT2D eigenvalue weighted by molar-refractivity contribution is 6.00. The molecule has 4 heterocycles. The Morgan fingerprint density at radius 3 is 2.51 bits per heavy atom. The van der Waals surface area contributed by atoms with Gasteiger partial charge in [-0.3, -0.25) is 4.84 Å². The van der Waals surface area contributed by atoms with Gasteiger partial charge in [-0.1, -0.05) is 56.3 Å². The molecule has 43 heavy (non-hydrogen) atoms. The summed E-state index contributed by atoms with van der Waals surface area (Å²) in [4.78, 5) is 37.7. The summed E-state index contributed by atoms with van der Waals surface area (Å²) in [6.45, 7) is 7.99. The summed E-state index contributed by atoms with van der Waals surface area (Å²) in [6.07, 6.45) is 1.37. The lowest BCUT2D eigenvalue weighted by Gasteiger charge is -2.33. The number of nitrogens with zero attached hydrogens (tertiary/aromatic N) is 5. The van der Waals surface area contributed by atoms with E-state index in [1.165, 1.54) is 0 Å². The fourth-order valence-corrected chi connectivity index (χ4v) is 5.86. The summed E-state index contributed by atoms with van der Waals surface area (Å²) < 4.78 is 7.20. The van der Waals surface area contributed by atoms with Crippen molar-refractivity contribution in [2.45, 2.75) is 45.3 Å². The summed E-state index contributed by atoms with van der Waals surface area (Å²) in [5.41, 5.74) is 5.15. The first-order chi connectivity index (χ1) is 20.9. The molecule has 10 heteroatoms. The second kappa shape index (κ2) is 12.4. The first-order valence-corrected chi connectivity index (χ1v) is 14.7. The second-order valence-corrected chi connectivity index (χ2v) is 11.2. The molecule has 1 unspecified atom stereocenters. The van der Waals surface area contributed by atoms with E-state index in [-0.39, 0.29) is 11.6 Å². The number of piperidine rings is 1. The van der Waals surface area contributed by atoms with Gasteiger partial charge in [0.25, 0.3) is 0 Å². The van der Waals surface area contributed by atoms with Gasteiger partial charge >= 0.3 is 5.97 Å². The van der Waals surface area contributed by atoms with Gasteiger partial charge < -0.3 is 14.7 Å². The maximum atomic E-state index is 12.4. The SMILES string of the molecule is CC(C)c1nn(C2CCCN(OCc3ccccc3)C2=C=O)c2nc(C(=O)O)cc(-c3ccc(N4CCOCC4)cc3)c12. The van der Waals surface area contributed by atoms with Crippen molar-refractivity contribution in [1.29, 1.82) is 0 Å². The Bertz CT molecular complexity index is 1650. The minimum absolute atomic E-state index is 0.0188. The van der Waals surface area contributed by atoms with Crippen molar-refractivity contribution in [2.24, 2.45) is 0 Å². The number of hydroxylamine groups is 2. The minimum atomic E-state index is -1.13. The van der Waals surface area contributed by atoms with Crippen molar-refractivity contribution in [3.8, 4) is 11.1 Å². The third-order valence-electron chi connectivity index (χ3n) is 8.06. The smallest absolute Gasteiger partial charge is 0.354 e. The lowest BCUT2D eigenvalue weighted by Crippen LogP contribution is -2.36. The van der Waals surface area contributed by atoms with E-state index in [1.54, 1.807) is 15.8 Å². The second-order valence-electron chi connectivity index (χ2n) is 11.2. The Kier molecular flexibility index (Phi) is 8.24. The number of anilines is 1. The molecule has 1 atom stereocenters. The highest BCUT2D eigenvalue weighted by Crippen LogP contribution is 2.39. The van der Waals surface area contributed by atoms with Gasteiger partial charge in [-0.05, 0) is 53.6 Å². The molecule has 4 aromatic rings. The van der Waals surface area contributed by atoms with E-state index in [9.17, 15) is 14.7 Å². The number of carbonyl (C=O) groups is 1. The molecule has 0 radical (unpaired) electrons. The van der Waals surface area contributed by atoms with Crippen LogP contribution in [0.4, 0.5) is 5.69 Å². The monoisotopic (exact) mass is 581 g/mol. The molecule has 2 aromatic heterocycles. The molecule has 0 amide bonds. The maximum absolute atomic E-state index is 12.4. The van der Waals surface area contributed by atoms with Crippen molar-refractivity contribution in [2.75, 3.05) is 37.7 Å². The van der Waals surface area contributed by atoms with Crippen molar-refractivity contribution in [1.82, 2.24) is 19.8 Å². The molecule has 2 fully saturated rings. The topological polar surface area (TPSA) is 110 Å². The van der Waals surface area contributed by atoms with Crippen LogP contribution in [0.25, 0.3) is 22.2 Å². The van der Waals surface area contributed by atoms with E-state index in [2.05, 4.69) is 41.8 Å². The van der Waals surface area contributed by atoms with Crippen molar-refractivity contribution < 1.29 is 24.3 Å². The number of benzene rings is 2. The third kappa shape index (κ3) is 5.77. The summed E-state index contributed by atoms with van der Waals surface area (Å²) in [6, 6.07) is 19.0. The number of hydrogen-bond donors (Lipinski definition) is 1. The van der Waals surface area contributed by atoms with Gasteiger partial charge in [0.05, 0.1) is 30.9 Å². The number of carbonyl (C=O) groups excluding carboxylic acids is 1. The van der Waals surface area contributed by atoms with Crippen LogP contribution in [-0.4, -0.2) is 69.7 Å². The fraction of sp³-hybridized carbons (Fsp3) is 0.364. The molecule has 2 aliphatic heterocycles. The van der Waals surface area contributed by atoms with Crippen LogP contribution in [0.2, 0.25) is 0 Å². The van der Waals surface area contributed by atoms with E-state index in [0.717, 1.165) is 53.0 Å². The molecular formula is C33H35N5O5. The summed E-state index contributed by atoms with van der Waals surface area (Å²) >= 11 is 0. The van der Waals surface area contributed by atoms with E-state index in [0.29, 0.717) is 44.1 Å². The summed E-state index contributed by atoms with van der Waals surface area (Å²) in [5.74, 6) is 1.00. The normalized spacial score (nSPS) is 17.5. The number of carboxylic acid groups (broad SMARTS) is 1. The van der Waals surface area contributed by atoms with Crippen LogP contribution in [0.5, 0.6) is 0 Å². The van der Waals surface area contributed by atoms with E-state index >= 15 is 0 Å². The first kappa shape index (κ1) is 28.6. The standard InChI is InChI=1S/C33H35N5O5/c1-22(2)31-30-26(24-10-12-25(13-11-24)36-15-17-42-18-16-36)19-27(33(40)41)34-32(30)38(35-31)28-9-6-14-37(29(28)20-39)43-21-23-7-4-3-5-8-23/h3-5,7-8,10-13,19,22,28H,6,9,14-18,21H2,1-2H3,(H,40,41). The van der Waals surface area contributed by atoms with Crippen LogP contribution >= 0.6 is 0 Å². The Labute approximate surface area is 250 Å². The number of ether oxygens (including phenoxy) is 1. The Hall–Kier alpha value is -4.50. The van der Waals surface area contributed by atoms with Gasteiger partial charge in [-0.2, -0.15) is 5.10 Å². The molecule has 222 valence electrons. The average molecular weight is 582 g/mol. The highest BCUT2D eigenvalue weighted by Gasteiger charge is 2.33. The van der Waals surface area contributed by atoms with Crippen molar-refractivity contribution in [3.63, 3.8) is 0 Å². The molecule has 0 bridgehead atoms. The molecule has 0 saturated carbocycles. The molecule has 2 saturated heterocycles. The molecule has 1 N–H and O–H groups in total. The molecule has 6 rings (SSSR count). The van der Waals surface area contributed by atoms with Crippen molar-refractivity contribution in [3.05, 3.63) is 83.3 Å². The van der Waals surface area contributed by atoms with Gasteiger partial charge in [0.2, 0.25) is 0 Å². The van der Waals surface area contributed by atoms with Crippen LogP contribution in [0.3, 0.4) is 0 Å². The zero-order valence-corrected chi connectivity index (χ0v) is 24.4. The van der Waals surface area contributed by atoms with Crippen molar-refractivity contribution >= 4 is 28.6 Å². The van der Waals surface area contributed by atoms with E-state index < -0.39 is 12.0 Å². The number of rotatable bonds is 8. The molecule has 2 aliphatic rings.